The van der Waals surface area contributed by atoms with E-state index >= 15 is 0 Å². The lowest BCUT2D eigenvalue weighted by Crippen LogP contribution is -2.00. The van der Waals surface area contributed by atoms with Gasteiger partial charge in [-0.15, -0.1) is 0 Å². The Hall–Kier alpha value is -2.02. The fraction of sp³-hybridized carbons (Fsp3) is 0. The molecule has 0 saturated heterocycles. The Morgan fingerprint density at radius 3 is 2.94 bits per heavy atom. The number of nitrogen functional groups attached to an aromatic ring is 1. The molecule has 1 aromatic heterocycles. The first-order valence-electron chi connectivity index (χ1n) is 4.33. The number of carboxylic acid groups (broad SMARTS) is 1. The largest absolute Gasteiger partial charge is 0.478 e. The van der Waals surface area contributed by atoms with Crippen LogP contribution in [0.2, 0.25) is 0 Å². The highest BCUT2D eigenvalue weighted by atomic mass is 32.2. The number of aromatic nitrogens is 3. The summed E-state index contributed by atoms with van der Waals surface area (Å²) in [5.74, 6) is -0.998. The molecule has 1 aromatic carbocycles. The molecule has 0 aliphatic carbocycles. The number of aromatic carboxylic acids is 1. The highest BCUT2D eigenvalue weighted by Gasteiger charge is 2.12. The third kappa shape index (κ3) is 2.14. The number of aromatic amines is 1. The number of carboxylic acids is 1. The molecular weight excluding hydrogens is 228 g/mol. The minimum Gasteiger partial charge on any atom is -0.478 e. The first-order chi connectivity index (χ1) is 7.66. The maximum absolute atomic E-state index is 11.0. The van der Waals surface area contributed by atoms with E-state index in [2.05, 4.69) is 15.2 Å². The number of rotatable bonds is 3. The molecule has 0 atom stereocenters. The minimum absolute atomic E-state index is 0.190. The molecule has 1 heterocycles. The Bertz CT molecular complexity index is 512. The van der Waals surface area contributed by atoms with Gasteiger partial charge in [0.25, 0.3) is 0 Å². The van der Waals surface area contributed by atoms with E-state index in [1.54, 1.807) is 12.1 Å². The number of H-pyrrole nitrogens is 1. The van der Waals surface area contributed by atoms with Gasteiger partial charge >= 0.3 is 5.97 Å². The van der Waals surface area contributed by atoms with Gasteiger partial charge in [0.1, 0.15) is 6.33 Å². The van der Waals surface area contributed by atoms with Crippen LogP contribution in [0.1, 0.15) is 10.4 Å². The van der Waals surface area contributed by atoms with Crippen LogP contribution >= 0.6 is 11.8 Å². The predicted molar refractivity (Wildman–Crippen MR) is 58.3 cm³/mol. The second-order valence-electron chi connectivity index (χ2n) is 2.95. The van der Waals surface area contributed by atoms with Crippen molar-refractivity contribution in [2.75, 3.05) is 5.73 Å². The standard InChI is InChI=1S/C9H8N4O2S/c10-5-1-2-6(8(14)15)7(3-5)16-9-11-4-12-13-9/h1-4H,10H2,(H,14,15)(H,11,12,13). The molecule has 7 heteroatoms. The van der Waals surface area contributed by atoms with Crippen molar-refractivity contribution in [2.24, 2.45) is 0 Å². The summed E-state index contributed by atoms with van der Waals surface area (Å²) in [5.41, 5.74) is 6.30. The van der Waals surface area contributed by atoms with Crippen LogP contribution in [-0.4, -0.2) is 26.3 Å². The summed E-state index contributed by atoms with van der Waals surface area (Å²) in [6.07, 6.45) is 1.36. The van der Waals surface area contributed by atoms with Crippen LogP contribution in [0.15, 0.2) is 34.6 Å². The monoisotopic (exact) mass is 236 g/mol. The molecule has 0 aliphatic rings. The van der Waals surface area contributed by atoms with Gasteiger partial charge in [0.15, 0.2) is 5.16 Å². The second-order valence-corrected chi connectivity index (χ2v) is 3.98. The molecule has 0 unspecified atom stereocenters. The molecule has 16 heavy (non-hydrogen) atoms. The summed E-state index contributed by atoms with van der Waals surface area (Å²) in [6, 6.07) is 4.61. The lowest BCUT2D eigenvalue weighted by atomic mass is 10.2. The van der Waals surface area contributed by atoms with E-state index in [0.29, 0.717) is 15.7 Å². The zero-order chi connectivity index (χ0) is 11.5. The van der Waals surface area contributed by atoms with E-state index in [1.165, 1.54) is 24.2 Å². The number of nitrogens with zero attached hydrogens (tertiary/aromatic N) is 2. The summed E-state index contributed by atoms with van der Waals surface area (Å²) in [6.45, 7) is 0. The molecule has 0 fully saturated rings. The van der Waals surface area contributed by atoms with E-state index in [4.69, 9.17) is 10.8 Å². The fourth-order valence-corrected chi connectivity index (χ4v) is 2.01. The quantitative estimate of drug-likeness (QED) is 0.692. The normalized spacial score (nSPS) is 10.2. The molecule has 0 radical (unpaired) electrons. The topological polar surface area (TPSA) is 105 Å². The molecule has 0 saturated carbocycles. The van der Waals surface area contributed by atoms with Crippen molar-refractivity contribution >= 4 is 23.4 Å². The zero-order valence-electron chi connectivity index (χ0n) is 8.04. The Balaban J connectivity index is 2.38. The van der Waals surface area contributed by atoms with E-state index in [0.717, 1.165) is 0 Å². The Labute approximate surface area is 94.9 Å². The molecular formula is C9H8N4O2S. The molecule has 4 N–H and O–H groups in total. The lowest BCUT2D eigenvalue weighted by molar-refractivity contribution is 0.0693. The SMILES string of the molecule is Nc1ccc(C(=O)O)c(Sc2ncn[nH]2)c1. The highest BCUT2D eigenvalue weighted by Crippen LogP contribution is 2.29. The van der Waals surface area contributed by atoms with Gasteiger partial charge in [0.2, 0.25) is 0 Å². The minimum atomic E-state index is -0.998. The van der Waals surface area contributed by atoms with Crippen molar-refractivity contribution in [3.8, 4) is 0 Å². The summed E-state index contributed by atoms with van der Waals surface area (Å²) in [4.78, 5) is 15.4. The van der Waals surface area contributed by atoms with E-state index in [9.17, 15) is 4.79 Å². The van der Waals surface area contributed by atoms with Crippen LogP contribution in [0.4, 0.5) is 5.69 Å². The van der Waals surface area contributed by atoms with Gasteiger partial charge in [-0.25, -0.2) is 9.78 Å². The molecule has 0 amide bonds. The molecule has 0 bridgehead atoms. The fourth-order valence-electron chi connectivity index (χ4n) is 1.15. The van der Waals surface area contributed by atoms with Crippen molar-refractivity contribution < 1.29 is 9.90 Å². The van der Waals surface area contributed by atoms with Crippen LogP contribution in [0.5, 0.6) is 0 Å². The van der Waals surface area contributed by atoms with Crippen LogP contribution in [0.3, 0.4) is 0 Å². The van der Waals surface area contributed by atoms with E-state index < -0.39 is 5.97 Å². The Morgan fingerprint density at radius 1 is 1.50 bits per heavy atom. The molecule has 82 valence electrons. The van der Waals surface area contributed by atoms with Crippen molar-refractivity contribution in [1.82, 2.24) is 15.2 Å². The number of anilines is 1. The molecule has 2 aromatic rings. The van der Waals surface area contributed by atoms with Crippen molar-refractivity contribution in [3.63, 3.8) is 0 Å². The van der Waals surface area contributed by atoms with Gasteiger partial charge in [0, 0.05) is 10.6 Å². The summed E-state index contributed by atoms with van der Waals surface area (Å²) < 4.78 is 0. The first-order valence-corrected chi connectivity index (χ1v) is 5.14. The lowest BCUT2D eigenvalue weighted by Gasteiger charge is -2.04. The van der Waals surface area contributed by atoms with E-state index in [-0.39, 0.29) is 5.56 Å². The van der Waals surface area contributed by atoms with Gasteiger partial charge in [-0.2, -0.15) is 5.10 Å². The first kappa shape index (κ1) is 10.5. The van der Waals surface area contributed by atoms with Crippen molar-refractivity contribution in [1.29, 1.82) is 0 Å². The number of nitrogens with two attached hydrogens (primary N) is 1. The average Bonchev–Trinajstić information content (AvgIpc) is 2.70. The van der Waals surface area contributed by atoms with Gasteiger partial charge in [-0.3, -0.25) is 5.10 Å². The van der Waals surface area contributed by atoms with Gasteiger partial charge < -0.3 is 10.8 Å². The number of hydrogen-bond acceptors (Lipinski definition) is 5. The maximum Gasteiger partial charge on any atom is 0.336 e. The van der Waals surface area contributed by atoms with Crippen LogP contribution in [0, 0.1) is 0 Å². The molecule has 6 nitrogen and oxygen atoms in total. The van der Waals surface area contributed by atoms with Crippen LogP contribution < -0.4 is 5.73 Å². The predicted octanol–water partition coefficient (Wildman–Crippen LogP) is 1.24. The third-order valence-corrected chi connectivity index (χ3v) is 2.78. The smallest absolute Gasteiger partial charge is 0.336 e. The van der Waals surface area contributed by atoms with Crippen molar-refractivity contribution in [2.45, 2.75) is 10.1 Å². The summed E-state index contributed by atoms with van der Waals surface area (Å²) >= 11 is 1.17. The number of benzene rings is 1. The number of nitrogens with one attached hydrogen (secondary N) is 1. The number of hydrogen-bond donors (Lipinski definition) is 3. The van der Waals surface area contributed by atoms with Gasteiger partial charge in [-0.05, 0) is 30.0 Å². The second kappa shape index (κ2) is 4.23. The average molecular weight is 236 g/mol. The summed E-state index contributed by atoms with van der Waals surface area (Å²) in [7, 11) is 0. The highest BCUT2D eigenvalue weighted by molar-refractivity contribution is 7.99. The summed E-state index contributed by atoms with van der Waals surface area (Å²) in [5, 5.41) is 15.8. The van der Waals surface area contributed by atoms with E-state index in [1.807, 2.05) is 0 Å². The maximum atomic E-state index is 11.0. The van der Waals surface area contributed by atoms with Crippen molar-refractivity contribution in [3.05, 3.63) is 30.1 Å². The van der Waals surface area contributed by atoms with Crippen LogP contribution in [-0.2, 0) is 0 Å². The van der Waals surface area contributed by atoms with Crippen LogP contribution in [0.25, 0.3) is 0 Å². The molecule has 0 aliphatic heterocycles. The van der Waals surface area contributed by atoms with Gasteiger partial charge in [-0.1, -0.05) is 0 Å². The molecule has 2 rings (SSSR count). The zero-order valence-corrected chi connectivity index (χ0v) is 8.86. The Kier molecular flexibility index (Phi) is 2.78. The van der Waals surface area contributed by atoms with Gasteiger partial charge in [0.05, 0.1) is 5.56 Å². The number of carbonyl (C=O) groups is 1. The Morgan fingerprint density at radius 2 is 2.31 bits per heavy atom. The molecule has 0 spiro atoms. The third-order valence-electron chi connectivity index (χ3n) is 1.84.